The van der Waals surface area contributed by atoms with E-state index in [0.29, 0.717) is 116 Å². The Morgan fingerprint density at radius 1 is 0.425 bits per heavy atom. The molecule has 5 fully saturated rings. The van der Waals surface area contributed by atoms with Crippen molar-refractivity contribution in [1.29, 1.82) is 0 Å². The Bertz CT molecular complexity index is 5360. The van der Waals surface area contributed by atoms with Gasteiger partial charge >= 0.3 is 11.9 Å². The van der Waals surface area contributed by atoms with Crippen LogP contribution in [-0.4, -0.2) is 227 Å². The zero-order valence-electron chi connectivity index (χ0n) is 88.6. The van der Waals surface area contributed by atoms with Crippen molar-refractivity contribution in [2.24, 2.45) is 5.92 Å². The minimum atomic E-state index is -0.819. The van der Waals surface area contributed by atoms with Gasteiger partial charge in [-0.15, -0.1) is 0 Å². The van der Waals surface area contributed by atoms with Gasteiger partial charge < -0.3 is 68.2 Å². The number of fused-ring (bicyclic) bond motifs is 4. The van der Waals surface area contributed by atoms with Crippen LogP contribution in [0.5, 0.6) is 11.5 Å². The first-order valence-corrected chi connectivity index (χ1v) is 54.3. The van der Waals surface area contributed by atoms with E-state index in [2.05, 4.69) is 64.5 Å². The molecule has 1 unspecified atom stereocenters. The molecule has 8 atom stereocenters. The molecule has 0 spiro atoms. The lowest BCUT2D eigenvalue weighted by atomic mass is 9.95. The Balaban J connectivity index is 0.000000154. The first kappa shape index (κ1) is 112. The summed E-state index contributed by atoms with van der Waals surface area (Å²) in [6.07, 6.45) is 27.8. The topological polar surface area (TPSA) is 290 Å². The molecule has 4 saturated heterocycles. The summed E-state index contributed by atoms with van der Waals surface area (Å²) in [5.74, 6) is 1.71. The number of benzene rings is 4. The van der Waals surface area contributed by atoms with Gasteiger partial charge in [-0.2, -0.15) is 0 Å². The number of ketones is 2. The number of Topliss-reactive ketones (excluding diaryl/α,β-unsaturated/α-hetero) is 2. The van der Waals surface area contributed by atoms with E-state index in [-0.39, 0.29) is 65.4 Å². The van der Waals surface area contributed by atoms with Gasteiger partial charge in [0, 0.05) is 120 Å². The molecule has 146 heavy (non-hydrogen) atoms. The highest BCUT2D eigenvalue weighted by molar-refractivity contribution is 5.84. The highest BCUT2D eigenvalue weighted by Crippen LogP contribution is 2.39. The lowest BCUT2D eigenvalue weighted by Crippen LogP contribution is -2.34. The molecule has 1 saturated carbocycles. The smallest absolute Gasteiger partial charge is 0.325 e. The number of unbranched alkanes of at least 4 members (excludes halogenated alkanes) is 4. The maximum Gasteiger partial charge on any atom is 0.325 e. The van der Waals surface area contributed by atoms with Gasteiger partial charge in [0.15, 0.2) is 34.7 Å². The Morgan fingerprint density at radius 2 is 0.774 bits per heavy atom. The molecule has 794 valence electrons. The van der Waals surface area contributed by atoms with Gasteiger partial charge in [0.1, 0.15) is 36.9 Å². The van der Waals surface area contributed by atoms with E-state index in [4.69, 9.17) is 57.3 Å². The van der Waals surface area contributed by atoms with Crippen LogP contribution in [0.2, 0.25) is 0 Å². The highest BCUT2D eigenvalue weighted by atomic mass is 19.1. The average molecular weight is 2010 g/mol. The number of hydrogen-bond acceptors (Lipinski definition) is 24. The number of carboxylic acid groups (broad SMARTS) is 2. The van der Waals surface area contributed by atoms with Crippen LogP contribution < -0.4 is 20.1 Å². The average Bonchev–Trinajstić information content (AvgIpc) is 1.58. The fraction of sp³-hybridized carbons (Fsp3) is 0.593. The summed E-state index contributed by atoms with van der Waals surface area (Å²) < 4.78 is 87.7. The minimum Gasteiger partial charge on any atom is -0.488 e. The number of rotatable bonds is 48. The SMILES string of the molecule is CC(=O)[C@@H](c1cc(F)ccc1COC(C)C)N1CC[C@@H](OCCCCc2ccc3c(n2)NCCO3)C1.CC(=O)[C@H](c1cc(F)ccc1COC(C)C)N1CC[C@@H](OCCCCc2ccc3c(n2)NCCO3)C1.Cc1ccc(COC(C)(C)C)c(C(C(=O)O)N2CC[C@@H](OCCCCc3ccc4c(n3)CCCC4)C2)c1.Cc1ccc(COCC2CC2)c([C@@H](C(=O)O)N2CC[C@@H](OCCCCc3ccc4c(n3)CCCC4)C2)c1. The van der Waals surface area contributed by atoms with Gasteiger partial charge in [-0.3, -0.25) is 48.7 Å². The number of aromatic nitrogens is 4. The summed E-state index contributed by atoms with van der Waals surface area (Å²) in [7, 11) is 0. The van der Waals surface area contributed by atoms with Crippen LogP contribution in [-0.2, 0) is 135 Å². The van der Waals surface area contributed by atoms with E-state index in [9.17, 15) is 38.2 Å². The number of anilines is 2. The Labute approximate surface area is 865 Å². The monoisotopic (exact) mass is 2010 g/mol. The molecule has 0 bridgehead atoms. The summed E-state index contributed by atoms with van der Waals surface area (Å²) in [6.45, 7) is 34.6. The number of hydrogen-bond donors (Lipinski definition) is 4. The van der Waals surface area contributed by atoms with Crippen molar-refractivity contribution >= 4 is 35.1 Å². The first-order valence-electron chi connectivity index (χ1n) is 54.3. The summed E-state index contributed by atoms with van der Waals surface area (Å²) in [6, 6.07) is 36.0. The largest absolute Gasteiger partial charge is 0.488 e. The van der Waals surface area contributed by atoms with Crippen LogP contribution in [0.3, 0.4) is 0 Å². The van der Waals surface area contributed by atoms with Crippen molar-refractivity contribution in [3.05, 3.63) is 234 Å². The van der Waals surface area contributed by atoms with Crippen LogP contribution >= 0.6 is 0 Å². The number of nitrogens with one attached hydrogen (secondary N) is 2. The summed E-state index contributed by atoms with van der Waals surface area (Å²) in [5.41, 5.74) is 18.5. The van der Waals surface area contributed by atoms with E-state index < -0.39 is 36.1 Å². The lowest BCUT2D eigenvalue weighted by Gasteiger charge is -2.28. The van der Waals surface area contributed by atoms with Crippen molar-refractivity contribution in [1.82, 2.24) is 39.5 Å². The molecular weight excluding hydrogens is 1850 g/mol. The third kappa shape index (κ3) is 34.4. The molecule has 4 N–H and O–H groups in total. The van der Waals surface area contributed by atoms with E-state index >= 15 is 0 Å². The third-order valence-corrected chi connectivity index (χ3v) is 28.8. The minimum absolute atomic E-state index is 0.00415. The molecular formula is C118H162F2N10O16. The Kier molecular flexibility index (Phi) is 43.2. The van der Waals surface area contributed by atoms with E-state index in [0.717, 1.165) is 234 Å². The van der Waals surface area contributed by atoms with Crippen LogP contribution in [0.15, 0.2) is 121 Å². The molecule has 17 rings (SSSR count). The number of carbonyl (C=O) groups is 4. The van der Waals surface area contributed by atoms with Crippen LogP contribution in [0.1, 0.15) is 303 Å². The normalized spacial score (nSPS) is 19.2. The summed E-state index contributed by atoms with van der Waals surface area (Å²) >= 11 is 0. The fourth-order valence-corrected chi connectivity index (χ4v) is 20.9. The van der Waals surface area contributed by atoms with Gasteiger partial charge in [0.25, 0.3) is 0 Å². The zero-order chi connectivity index (χ0) is 103. The number of ether oxygens (including phenoxy) is 10. The van der Waals surface area contributed by atoms with Crippen LogP contribution in [0.25, 0.3) is 0 Å². The number of halogens is 2. The molecule has 3 aliphatic carbocycles. The van der Waals surface area contributed by atoms with Crippen molar-refractivity contribution in [2.45, 2.75) is 336 Å². The van der Waals surface area contributed by atoms with Gasteiger partial charge in [-0.1, -0.05) is 71.8 Å². The standard InChI is InChI=1S/C31H42N2O4.C31H44N2O4.2C28H38FN3O4/c1-22-9-12-25(21-36-20-23-10-11-23)28(18-22)30(31(34)35)33-16-15-27(19-33)37-17-5-4-7-26-14-13-24-6-2-3-8-29(24)32-26;1-22-12-13-24(21-37-31(2,3)4)27(19-22)29(30(34)35)33-17-16-26(20-33)36-18-8-7-10-25-15-14-23-9-5-6-11-28(23)32-25;2*1-19(2)36-18-21-7-8-22(29)16-25(21)27(20(3)33)32-13-11-24(17-32)34-14-5-4-6-23-9-10-26-28(31-23)30-12-15-35-26/h9,12-14,18,23,27,30H,2-8,10-11,15-17,19-21H2,1H3,(H,34,35);12-15,19,26,29H,5-11,16-18,20-21H2,1-4H3,(H,34,35);2*7-10,16,19,24,27H,4-6,11-15,17-18H2,1-3H3,(H,30,31)/t27-,30+;26-,29?;24-,27+;24-,27-/m1111/s1. The van der Waals surface area contributed by atoms with E-state index in [1.807, 2.05) is 123 Å². The van der Waals surface area contributed by atoms with Crippen molar-refractivity contribution in [3.8, 4) is 11.5 Å². The van der Waals surface area contributed by atoms with E-state index in [1.165, 1.54) is 110 Å². The molecule has 4 aromatic carbocycles. The molecule has 10 heterocycles. The second kappa shape index (κ2) is 56.3. The second-order valence-electron chi connectivity index (χ2n) is 42.7. The molecule has 4 aromatic heterocycles. The highest BCUT2D eigenvalue weighted by Gasteiger charge is 2.41. The molecule has 6 aliphatic heterocycles. The molecule has 9 aliphatic rings. The number of likely N-dealkylation sites (tertiary alicyclic amines) is 4. The Hall–Kier alpha value is -9.66. The van der Waals surface area contributed by atoms with Crippen LogP contribution in [0, 0.1) is 31.4 Å². The third-order valence-electron chi connectivity index (χ3n) is 28.8. The second-order valence-corrected chi connectivity index (χ2v) is 42.7. The van der Waals surface area contributed by atoms with Gasteiger partial charge in [-0.05, 0) is 365 Å². The predicted molar refractivity (Wildman–Crippen MR) is 563 cm³/mol. The maximum absolute atomic E-state index is 14.2. The number of carboxylic acids is 2. The number of nitrogens with zero attached hydrogens (tertiary/aromatic N) is 8. The first-order chi connectivity index (χ1) is 70.6. The zero-order valence-corrected chi connectivity index (χ0v) is 88.6. The summed E-state index contributed by atoms with van der Waals surface area (Å²) in [5, 5.41) is 27.0. The van der Waals surface area contributed by atoms with Crippen molar-refractivity contribution in [2.75, 3.05) is 122 Å². The van der Waals surface area contributed by atoms with Crippen molar-refractivity contribution < 1.29 is 85.5 Å². The van der Waals surface area contributed by atoms with Gasteiger partial charge in [0.2, 0.25) is 0 Å². The number of pyridine rings is 4. The molecule has 0 amide bonds. The van der Waals surface area contributed by atoms with Gasteiger partial charge in [-0.25, -0.2) is 18.7 Å². The molecule has 26 nitrogen and oxygen atoms in total. The number of aryl methyl sites for hydroxylation is 10. The maximum atomic E-state index is 14.2. The molecule has 0 radical (unpaired) electrons. The van der Waals surface area contributed by atoms with E-state index in [1.54, 1.807) is 26.0 Å². The molecule has 8 aromatic rings. The quantitative estimate of drug-likeness (QED) is 0.0258. The lowest BCUT2D eigenvalue weighted by molar-refractivity contribution is -0.144. The Morgan fingerprint density at radius 3 is 1.14 bits per heavy atom. The summed E-state index contributed by atoms with van der Waals surface area (Å²) in [4.78, 5) is 77.7. The fourth-order valence-electron chi connectivity index (χ4n) is 20.9. The number of aliphatic carboxylic acids is 2. The van der Waals surface area contributed by atoms with Crippen LogP contribution in [0.4, 0.5) is 20.4 Å². The number of carbonyl (C=O) groups excluding carboxylic acids is 2. The van der Waals surface area contributed by atoms with Crippen molar-refractivity contribution in [3.63, 3.8) is 0 Å². The molecule has 28 heteroatoms. The predicted octanol–water partition coefficient (Wildman–Crippen LogP) is 20.6. The van der Waals surface area contributed by atoms with Gasteiger partial charge in [0.05, 0.1) is 93.8 Å².